The molecule has 0 aliphatic heterocycles. The fraction of sp³-hybridized carbons (Fsp3) is 0.462. The van der Waals surface area contributed by atoms with Crippen LogP contribution in [0.1, 0.15) is 26.7 Å². The van der Waals surface area contributed by atoms with Crippen molar-refractivity contribution in [3.05, 3.63) is 24.0 Å². The van der Waals surface area contributed by atoms with Gasteiger partial charge in [0.1, 0.15) is 5.82 Å². The van der Waals surface area contributed by atoms with Gasteiger partial charge in [-0.1, -0.05) is 0 Å². The predicted molar refractivity (Wildman–Crippen MR) is 70.7 cm³/mol. The summed E-state index contributed by atoms with van der Waals surface area (Å²) in [7, 11) is -1.32. The molecule has 0 fully saturated rings. The van der Waals surface area contributed by atoms with E-state index in [1.54, 1.807) is 0 Å². The van der Waals surface area contributed by atoms with Crippen LogP contribution in [-0.4, -0.2) is 9.96 Å². The van der Waals surface area contributed by atoms with Gasteiger partial charge in [-0.25, -0.2) is 4.39 Å². The zero-order chi connectivity index (χ0) is 13.8. The van der Waals surface area contributed by atoms with E-state index in [9.17, 15) is 8.60 Å². The largest absolute Gasteiger partial charge is 0.398 e. The van der Waals surface area contributed by atoms with Crippen LogP contribution < -0.4 is 5.73 Å². The molecule has 0 aromatic heterocycles. The zero-order valence-corrected chi connectivity index (χ0v) is 11.4. The number of nitrogen functional groups attached to an aromatic ring is 1. The van der Waals surface area contributed by atoms with Gasteiger partial charge in [0.25, 0.3) is 0 Å². The van der Waals surface area contributed by atoms with Gasteiger partial charge in [-0.05, 0) is 44.9 Å². The quantitative estimate of drug-likeness (QED) is 0.835. The molecule has 0 aliphatic rings. The second kappa shape index (κ2) is 5.96. The molecule has 0 amide bonds. The average Bonchev–Trinajstić information content (AvgIpc) is 2.32. The monoisotopic (exact) mass is 268 g/mol. The number of hydrogen-bond acceptors (Lipinski definition) is 3. The van der Waals surface area contributed by atoms with E-state index in [0.29, 0.717) is 29.2 Å². The predicted octanol–water partition coefficient (Wildman–Crippen LogP) is 2.85. The molecule has 1 atom stereocenters. The van der Waals surface area contributed by atoms with Crippen LogP contribution in [0.5, 0.6) is 0 Å². The third kappa shape index (κ3) is 4.11. The van der Waals surface area contributed by atoms with Crippen molar-refractivity contribution in [2.75, 3.05) is 11.5 Å². The highest BCUT2D eigenvalue weighted by molar-refractivity contribution is 7.85. The molecule has 1 rings (SSSR count). The van der Waals surface area contributed by atoms with E-state index in [1.807, 2.05) is 13.8 Å². The van der Waals surface area contributed by atoms with E-state index < -0.39 is 22.0 Å². The Kier molecular flexibility index (Phi) is 4.85. The van der Waals surface area contributed by atoms with Crippen molar-refractivity contribution in [3.8, 4) is 6.07 Å². The van der Waals surface area contributed by atoms with Crippen molar-refractivity contribution in [3.63, 3.8) is 0 Å². The Balaban J connectivity index is 2.62. The highest BCUT2D eigenvalue weighted by atomic mass is 32.2. The maximum absolute atomic E-state index is 13.0. The van der Waals surface area contributed by atoms with E-state index in [-0.39, 0.29) is 0 Å². The number of benzene rings is 1. The molecule has 1 unspecified atom stereocenters. The van der Waals surface area contributed by atoms with Gasteiger partial charge in [0.2, 0.25) is 0 Å². The molecule has 98 valence electrons. The van der Waals surface area contributed by atoms with Crippen LogP contribution in [0.3, 0.4) is 0 Å². The van der Waals surface area contributed by atoms with Gasteiger partial charge in [-0.15, -0.1) is 0 Å². The second-order valence-corrected chi connectivity index (χ2v) is 6.37. The normalized spacial score (nSPS) is 13.0. The lowest BCUT2D eigenvalue weighted by molar-refractivity contribution is 0.447. The zero-order valence-electron chi connectivity index (χ0n) is 10.6. The Morgan fingerprint density at radius 1 is 1.50 bits per heavy atom. The molecule has 18 heavy (non-hydrogen) atoms. The van der Waals surface area contributed by atoms with Crippen LogP contribution in [0.2, 0.25) is 0 Å². The Morgan fingerprint density at radius 3 is 2.78 bits per heavy atom. The number of hydrogen-bond donors (Lipinski definition) is 1. The minimum Gasteiger partial charge on any atom is -0.398 e. The number of anilines is 1. The molecule has 0 aliphatic carbocycles. The van der Waals surface area contributed by atoms with Gasteiger partial charge in [0.05, 0.1) is 27.2 Å². The van der Waals surface area contributed by atoms with E-state index in [0.717, 1.165) is 0 Å². The standard InChI is InChI=1S/C13H17FN2OS/c1-13(2,9-15)6-3-7-18(17)12-8-10(14)4-5-11(12)16/h4-5,8H,3,6-7,16H2,1-2H3. The molecule has 0 heterocycles. The molecule has 2 N–H and O–H groups in total. The first kappa shape index (κ1) is 14.7. The Morgan fingerprint density at radius 2 is 2.17 bits per heavy atom. The number of nitriles is 1. The SMILES string of the molecule is CC(C)(C#N)CCCS(=O)c1cc(F)ccc1N. The molecule has 1 aromatic carbocycles. The highest BCUT2D eigenvalue weighted by Crippen LogP contribution is 2.23. The van der Waals surface area contributed by atoms with Crippen LogP contribution in [0.4, 0.5) is 10.1 Å². The van der Waals surface area contributed by atoms with E-state index in [2.05, 4.69) is 6.07 Å². The summed E-state index contributed by atoms with van der Waals surface area (Å²) in [6.07, 6.45) is 1.30. The van der Waals surface area contributed by atoms with Gasteiger partial charge >= 0.3 is 0 Å². The van der Waals surface area contributed by atoms with E-state index >= 15 is 0 Å². The lowest BCUT2D eigenvalue weighted by Crippen LogP contribution is -2.10. The van der Waals surface area contributed by atoms with Crippen molar-refractivity contribution < 1.29 is 8.60 Å². The Labute approximate surface area is 109 Å². The first-order chi connectivity index (χ1) is 8.35. The molecule has 1 aromatic rings. The van der Waals surface area contributed by atoms with Crippen LogP contribution in [0, 0.1) is 22.6 Å². The topological polar surface area (TPSA) is 66.9 Å². The Bertz CT molecular complexity index is 494. The lowest BCUT2D eigenvalue weighted by Gasteiger charge is -2.14. The molecule has 0 saturated carbocycles. The molecular formula is C13H17FN2OS. The molecule has 3 nitrogen and oxygen atoms in total. The van der Waals surface area contributed by atoms with Crippen molar-refractivity contribution >= 4 is 16.5 Å². The van der Waals surface area contributed by atoms with Crippen molar-refractivity contribution in [1.29, 1.82) is 5.26 Å². The summed E-state index contributed by atoms with van der Waals surface area (Å²) < 4.78 is 25.0. The average molecular weight is 268 g/mol. The molecule has 0 bridgehead atoms. The number of halogens is 1. The van der Waals surface area contributed by atoms with E-state index in [1.165, 1.54) is 18.2 Å². The van der Waals surface area contributed by atoms with Crippen LogP contribution in [-0.2, 0) is 10.8 Å². The van der Waals surface area contributed by atoms with Crippen molar-refractivity contribution in [2.24, 2.45) is 5.41 Å². The summed E-state index contributed by atoms with van der Waals surface area (Å²) in [6, 6.07) is 6.06. The number of rotatable bonds is 5. The fourth-order valence-corrected chi connectivity index (χ4v) is 2.72. The summed E-state index contributed by atoms with van der Waals surface area (Å²) in [4.78, 5) is 0.338. The number of nitrogens with two attached hydrogens (primary N) is 1. The van der Waals surface area contributed by atoms with Gasteiger partial charge in [0.15, 0.2) is 0 Å². The fourth-order valence-electron chi connectivity index (χ4n) is 1.52. The molecule has 5 heteroatoms. The minimum atomic E-state index is -1.32. The highest BCUT2D eigenvalue weighted by Gasteiger charge is 2.17. The molecule has 0 radical (unpaired) electrons. The van der Waals surface area contributed by atoms with Gasteiger partial charge in [0, 0.05) is 11.4 Å². The second-order valence-electron chi connectivity index (χ2n) is 4.83. The number of nitrogens with zero attached hydrogens (tertiary/aromatic N) is 1. The Hall–Kier alpha value is -1.41. The van der Waals surface area contributed by atoms with Crippen LogP contribution >= 0.6 is 0 Å². The maximum atomic E-state index is 13.0. The first-order valence-electron chi connectivity index (χ1n) is 5.70. The molecule has 0 saturated heterocycles. The third-order valence-electron chi connectivity index (χ3n) is 2.66. The lowest BCUT2D eigenvalue weighted by atomic mass is 9.90. The smallest absolute Gasteiger partial charge is 0.124 e. The summed E-state index contributed by atoms with van der Waals surface area (Å²) in [6.45, 7) is 3.68. The van der Waals surface area contributed by atoms with Crippen molar-refractivity contribution in [1.82, 2.24) is 0 Å². The summed E-state index contributed by atoms with van der Waals surface area (Å²) in [5.74, 6) is -0.0522. The van der Waals surface area contributed by atoms with Gasteiger partial charge < -0.3 is 5.73 Å². The molecule has 0 spiro atoms. The first-order valence-corrected chi connectivity index (χ1v) is 7.02. The summed E-state index contributed by atoms with van der Waals surface area (Å²) >= 11 is 0. The summed E-state index contributed by atoms with van der Waals surface area (Å²) in [5.41, 5.74) is 5.58. The minimum absolute atomic E-state index is 0.338. The molecular weight excluding hydrogens is 251 g/mol. The maximum Gasteiger partial charge on any atom is 0.124 e. The van der Waals surface area contributed by atoms with Gasteiger partial charge in [-0.2, -0.15) is 5.26 Å². The van der Waals surface area contributed by atoms with Crippen molar-refractivity contribution in [2.45, 2.75) is 31.6 Å². The van der Waals surface area contributed by atoms with Crippen LogP contribution in [0.25, 0.3) is 0 Å². The third-order valence-corrected chi connectivity index (χ3v) is 4.16. The summed E-state index contributed by atoms with van der Waals surface area (Å²) in [5, 5.41) is 8.86. The van der Waals surface area contributed by atoms with Gasteiger partial charge in [-0.3, -0.25) is 4.21 Å². The van der Waals surface area contributed by atoms with Crippen LogP contribution in [0.15, 0.2) is 23.1 Å². The van der Waals surface area contributed by atoms with E-state index in [4.69, 9.17) is 11.0 Å².